The Balaban J connectivity index is 2.03. The molecule has 0 atom stereocenters. The maximum absolute atomic E-state index is 11.8. The van der Waals surface area contributed by atoms with Crippen molar-refractivity contribution >= 4 is 23.1 Å². The lowest BCUT2D eigenvalue weighted by Crippen LogP contribution is -2.16. The number of amides is 1. The number of nitrogens with one attached hydrogen (secondary N) is 1. The Kier molecular flexibility index (Phi) is 3.43. The third kappa shape index (κ3) is 2.98. The average Bonchev–Trinajstić information content (AvgIpc) is 2.34. The summed E-state index contributed by atoms with van der Waals surface area (Å²) < 4.78 is 0. The average molecular weight is 242 g/mol. The van der Waals surface area contributed by atoms with Crippen LogP contribution in [0.4, 0.5) is 17.2 Å². The van der Waals surface area contributed by atoms with E-state index < -0.39 is 0 Å². The second-order valence-electron chi connectivity index (χ2n) is 3.90. The minimum Gasteiger partial charge on any atom is -0.399 e. The van der Waals surface area contributed by atoms with Crippen LogP contribution in [0, 0.1) is 0 Å². The Morgan fingerprint density at radius 3 is 2.72 bits per heavy atom. The molecular weight excluding hydrogens is 228 g/mol. The molecule has 2 aromatic rings. The minimum atomic E-state index is -0.162. The van der Waals surface area contributed by atoms with Gasteiger partial charge in [0.2, 0.25) is 5.91 Å². The smallest absolute Gasteiger partial charge is 0.230 e. The molecule has 0 aliphatic rings. The first-order valence-electron chi connectivity index (χ1n) is 5.50. The number of aromatic nitrogens is 1. The molecule has 0 saturated heterocycles. The molecule has 5 N–H and O–H groups in total. The summed E-state index contributed by atoms with van der Waals surface area (Å²) in [5.74, 6) is 0.363. The summed E-state index contributed by atoms with van der Waals surface area (Å²) in [5.41, 5.74) is 13.2. The highest BCUT2D eigenvalue weighted by Crippen LogP contribution is 2.16. The van der Waals surface area contributed by atoms with Crippen molar-refractivity contribution in [3.8, 4) is 0 Å². The first kappa shape index (κ1) is 11.9. The molecule has 0 aliphatic carbocycles. The van der Waals surface area contributed by atoms with Crippen LogP contribution < -0.4 is 16.8 Å². The number of nitrogens with zero attached hydrogens (tertiary/aromatic N) is 1. The van der Waals surface area contributed by atoms with Gasteiger partial charge in [-0.25, -0.2) is 4.98 Å². The van der Waals surface area contributed by atoms with Gasteiger partial charge in [-0.1, -0.05) is 12.1 Å². The van der Waals surface area contributed by atoms with E-state index in [1.807, 2.05) is 0 Å². The molecule has 0 aliphatic heterocycles. The van der Waals surface area contributed by atoms with Crippen LogP contribution in [0.2, 0.25) is 0 Å². The number of hydrogen-bond acceptors (Lipinski definition) is 4. The zero-order chi connectivity index (χ0) is 13.0. The van der Waals surface area contributed by atoms with Gasteiger partial charge in [0.15, 0.2) is 0 Å². The van der Waals surface area contributed by atoms with Crippen LogP contribution >= 0.6 is 0 Å². The number of nitrogen functional groups attached to an aromatic ring is 2. The van der Waals surface area contributed by atoms with Crippen molar-refractivity contribution in [2.24, 2.45) is 0 Å². The standard InChI is InChI=1S/C13H14N4O/c14-10-5-4-9(11(15)8-10)7-13(18)17-12-3-1-2-6-16-12/h1-6,8H,7,14-15H2,(H,16,17,18). The highest BCUT2D eigenvalue weighted by molar-refractivity contribution is 5.92. The predicted octanol–water partition coefficient (Wildman–Crippen LogP) is 1.43. The van der Waals surface area contributed by atoms with Crippen molar-refractivity contribution in [2.45, 2.75) is 6.42 Å². The number of nitrogens with two attached hydrogens (primary N) is 2. The van der Waals surface area contributed by atoms with Gasteiger partial charge in [0.25, 0.3) is 0 Å². The molecule has 1 heterocycles. The van der Waals surface area contributed by atoms with Gasteiger partial charge < -0.3 is 16.8 Å². The maximum Gasteiger partial charge on any atom is 0.230 e. The van der Waals surface area contributed by atoms with Gasteiger partial charge in [-0.05, 0) is 29.8 Å². The quantitative estimate of drug-likeness (QED) is 0.709. The molecule has 0 unspecified atom stereocenters. The number of benzene rings is 1. The van der Waals surface area contributed by atoms with E-state index in [0.717, 1.165) is 5.56 Å². The van der Waals surface area contributed by atoms with Crippen LogP contribution in [0.1, 0.15) is 5.56 Å². The lowest BCUT2D eigenvalue weighted by molar-refractivity contribution is -0.115. The number of pyridine rings is 1. The minimum absolute atomic E-state index is 0.162. The Morgan fingerprint density at radius 2 is 2.06 bits per heavy atom. The van der Waals surface area contributed by atoms with Crippen molar-refractivity contribution < 1.29 is 4.79 Å². The van der Waals surface area contributed by atoms with E-state index in [1.165, 1.54) is 0 Å². The number of rotatable bonds is 3. The van der Waals surface area contributed by atoms with E-state index in [-0.39, 0.29) is 12.3 Å². The molecule has 1 aromatic carbocycles. The Morgan fingerprint density at radius 1 is 1.22 bits per heavy atom. The van der Waals surface area contributed by atoms with Gasteiger partial charge in [-0.2, -0.15) is 0 Å². The van der Waals surface area contributed by atoms with Gasteiger partial charge in [0.05, 0.1) is 6.42 Å². The zero-order valence-corrected chi connectivity index (χ0v) is 9.76. The SMILES string of the molecule is Nc1ccc(CC(=O)Nc2ccccn2)c(N)c1. The van der Waals surface area contributed by atoms with Gasteiger partial charge >= 0.3 is 0 Å². The molecule has 92 valence electrons. The maximum atomic E-state index is 11.8. The fraction of sp³-hybridized carbons (Fsp3) is 0.0769. The van der Waals surface area contributed by atoms with E-state index in [2.05, 4.69) is 10.3 Å². The highest BCUT2D eigenvalue weighted by Gasteiger charge is 2.07. The van der Waals surface area contributed by atoms with E-state index in [1.54, 1.807) is 42.6 Å². The monoisotopic (exact) mass is 242 g/mol. The van der Waals surface area contributed by atoms with Crippen molar-refractivity contribution in [1.82, 2.24) is 4.98 Å². The van der Waals surface area contributed by atoms with E-state index in [4.69, 9.17) is 11.5 Å². The van der Waals surface area contributed by atoms with Crippen LogP contribution in [0.3, 0.4) is 0 Å². The second kappa shape index (κ2) is 5.18. The topological polar surface area (TPSA) is 94.0 Å². The Labute approximate surface area is 105 Å². The van der Waals surface area contributed by atoms with Gasteiger partial charge in [0.1, 0.15) is 5.82 Å². The fourth-order valence-electron chi connectivity index (χ4n) is 1.57. The number of anilines is 3. The number of carbonyl (C=O) groups is 1. The van der Waals surface area contributed by atoms with Crippen LogP contribution in [0.15, 0.2) is 42.6 Å². The van der Waals surface area contributed by atoms with E-state index in [0.29, 0.717) is 17.2 Å². The van der Waals surface area contributed by atoms with Crippen molar-refractivity contribution in [1.29, 1.82) is 0 Å². The number of carbonyl (C=O) groups excluding carboxylic acids is 1. The molecule has 5 heteroatoms. The lowest BCUT2D eigenvalue weighted by atomic mass is 10.1. The summed E-state index contributed by atoms with van der Waals surface area (Å²) >= 11 is 0. The molecule has 0 bridgehead atoms. The highest BCUT2D eigenvalue weighted by atomic mass is 16.1. The van der Waals surface area contributed by atoms with Crippen LogP contribution in [0.5, 0.6) is 0 Å². The zero-order valence-electron chi connectivity index (χ0n) is 9.76. The number of hydrogen-bond donors (Lipinski definition) is 3. The molecule has 1 aromatic heterocycles. The van der Waals surface area contributed by atoms with Crippen molar-refractivity contribution in [3.63, 3.8) is 0 Å². The Bertz CT molecular complexity index is 554. The van der Waals surface area contributed by atoms with Gasteiger partial charge in [-0.15, -0.1) is 0 Å². The molecule has 0 spiro atoms. The van der Waals surface area contributed by atoms with Crippen molar-refractivity contribution in [2.75, 3.05) is 16.8 Å². The van der Waals surface area contributed by atoms with Gasteiger partial charge in [-0.3, -0.25) is 4.79 Å². The summed E-state index contributed by atoms with van der Waals surface area (Å²) in [4.78, 5) is 15.8. The summed E-state index contributed by atoms with van der Waals surface area (Å²) in [6, 6.07) is 10.4. The van der Waals surface area contributed by atoms with Crippen LogP contribution in [-0.2, 0) is 11.2 Å². The normalized spacial score (nSPS) is 10.0. The first-order chi connectivity index (χ1) is 8.65. The van der Waals surface area contributed by atoms with E-state index >= 15 is 0 Å². The third-order valence-corrected chi connectivity index (χ3v) is 2.45. The molecule has 1 amide bonds. The summed E-state index contributed by atoms with van der Waals surface area (Å²) in [7, 11) is 0. The van der Waals surface area contributed by atoms with Crippen LogP contribution in [0.25, 0.3) is 0 Å². The molecule has 5 nitrogen and oxygen atoms in total. The molecular formula is C13H14N4O. The second-order valence-corrected chi connectivity index (χ2v) is 3.90. The predicted molar refractivity (Wildman–Crippen MR) is 71.8 cm³/mol. The first-order valence-corrected chi connectivity index (χ1v) is 5.50. The molecule has 2 rings (SSSR count). The Hall–Kier alpha value is -2.56. The molecule has 0 fully saturated rings. The molecule has 0 saturated carbocycles. The summed E-state index contributed by atoms with van der Waals surface area (Å²) in [6.07, 6.45) is 1.82. The molecule has 18 heavy (non-hydrogen) atoms. The summed E-state index contributed by atoms with van der Waals surface area (Å²) in [6.45, 7) is 0. The third-order valence-electron chi connectivity index (χ3n) is 2.45. The van der Waals surface area contributed by atoms with Crippen molar-refractivity contribution in [3.05, 3.63) is 48.2 Å². The van der Waals surface area contributed by atoms with E-state index in [9.17, 15) is 4.79 Å². The van der Waals surface area contributed by atoms with Gasteiger partial charge in [0, 0.05) is 17.6 Å². The fourth-order valence-corrected chi connectivity index (χ4v) is 1.57. The van der Waals surface area contributed by atoms with Crippen LogP contribution in [-0.4, -0.2) is 10.9 Å². The largest absolute Gasteiger partial charge is 0.399 e. The summed E-state index contributed by atoms with van der Waals surface area (Å²) in [5, 5.41) is 2.70. The lowest BCUT2D eigenvalue weighted by Gasteiger charge is -2.07. The molecule has 0 radical (unpaired) electrons.